The topological polar surface area (TPSA) is 51.0 Å². The van der Waals surface area contributed by atoms with Crippen LogP contribution < -0.4 is 0 Å². The van der Waals surface area contributed by atoms with Crippen molar-refractivity contribution < 1.29 is 4.79 Å². The van der Waals surface area contributed by atoms with Gasteiger partial charge >= 0.3 is 0 Å². The number of rotatable bonds is 4. The van der Waals surface area contributed by atoms with E-state index in [1.165, 1.54) is 5.56 Å². The molecule has 2 aromatic rings. The van der Waals surface area contributed by atoms with E-state index in [4.69, 9.17) is 0 Å². The van der Waals surface area contributed by atoms with Crippen molar-refractivity contribution in [3.8, 4) is 5.82 Å². The highest BCUT2D eigenvalue weighted by Gasteiger charge is 2.25. The molecule has 0 N–H and O–H groups in total. The molecule has 1 unspecified atom stereocenters. The van der Waals surface area contributed by atoms with Gasteiger partial charge in [-0.3, -0.25) is 9.36 Å². The zero-order chi connectivity index (χ0) is 14.7. The van der Waals surface area contributed by atoms with Gasteiger partial charge in [-0.2, -0.15) is 0 Å². The van der Waals surface area contributed by atoms with Gasteiger partial charge in [-0.05, 0) is 43.4 Å². The van der Waals surface area contributed by atoms with Crippen molar-refractivity contribution in [3.05, 3.63) is 42.6 Å². The first kappa shape index (κ1) is 13.8. The lowest BCUT2D eigenvalue weighted by atomic mass is 10.0. The maximum Gasteiger partial charge on any atom is 0.219 e. The van der Waals surface area contributed by atoms with E-state index >= 15 is 0 Å². The highest BCUT2D eigenvalue weighted by Crippen LogP contribution is 2.22. The second-order valence-corrected chi connectivity index (χ2v) is 5.54. The van der Waals surface area contributed by atoms with Crippen LogP contribution in [0.15, 0.2) is 37.1 Å². The van der Waals surface area contributed by atoms with Crippen LogP contribution >= 0.6 is 0 Å². The number of amides is 1. The lowest BCUT2D eigenvalue weighted by molar-refractivity contribution is -0.129. The molecule has 1 fully saturated rings. The van der Waals surface area contributed by atoms with E-state index in [2.05, 4.69) is 16.0 Å². The van der Waals surface area contributed by atoms with Crippen molar-refractivity contribution in [3.63, 3.8) is 0 Å². The van der Waals surface area contributed by atoms with E-state index in [1.54, 1.807) is 19.4 Å². The molecule has 0 aliphatic carbocycles. The molecule has 0 radical (unpaired) electrons. The molecule has 3 heterocycles. The fraction of sp³-hybridized carbons (Fsp3) is 0.438. The predicted octanol–water partition coefficient (Wildman–Crippen LogP) is 2.21. The van der Waals surface area contributed by atoms with Crippen LogP contribution in [-0.2, 0) is 11.2 Å². The van der Waals surface area contributed by atoms with Crippen LogP contribution in [0.2, 0.25) is 0 Å². The molecule has 3 rings (SSSR count). The third-order valence-corrected chi connectivity index (χ3v) is 4.13. The first-order valence-electron chi connectivity index (χ1n) is 7.44. The third-order valence-electron chi connectivity index (χ3n) is 4.13. The zero-order valence-corrected chi connectivity index (χ0v) is 12.3. The van der Waals surface area contributed by atoms with Gasteiger partial charge < -0.3 is 4.90 Å². The zero-order valence-electron chi connectivity index (χ0n) is 12.3. The molecule has 0 saturated carbocycles. The predicted molar refractivity (Wildman–Crippen MR) is 80.1 cm³/mol. The number of aryl methyl sites for hydroxylation is 1. The highest BCUT2D eigenvalue weighted by atomic mass is 16.2. The van der Waals surface area contributed by atoms with E-state index in [-0.39, 0.29) is 5.91 Å². The van der Waals surface area contributed by atoms with Crippen LogP contribution in [0.25, 0.3) is 5.82 Å². The lowest BCUT2D eigenvalue weighted by Crippen LogP contribution is -2.33. The van der Waals surface area contributed by atoms with Crippen LogP contribution in [0.5, 0.6) is 0 Å². The number of aromatic nitrogens is 3. The quantitative estimate of drug-likeness (QED) is 0.865. The maximum atomic E-state index is 11.6. The summed E-state index contributed by atoms with van der Waals surface area (Å²) in [7, 11) is 0. The van der Waals surface area contributed by atoms with E-state index in [9.17, 15) is 4.79 Å². The largest absolute Gasteiger partial charge is 0.340 e. The first-order chi connectivity index (χ1) is 10.2. The Morgan fingerprint density at radius 3 is 3.10 bits per heavy atom. The molecule has 110 valence electrons. The van der Waals surface area contributed by atoms with Gasteiger partial charge in [-0.1, -0.05) is 0 Å². The Morgan fingerprint density at radius 1 is 1.43 bits per heavy atom. The molecule has 1 aliphatic rings. The summed E-state index contributed by atoms with van der Waals surface area (Å²) in [6.45, 7) is 2.58. The van der Waals surface area contributed by atoms with Crippen LogP contribution in [0.3, 0.4) is 0 Å². The molecule has 2 aromatic heterocycles. The van der Waals surface area contributed by atoms with E-state index in [0.29, 0.717) is 6.04 Å². The Bertz CT molecular complexity index is 608. The van der Waals surface area contributed by atoms with Crippen molar-refractivity contribution in [1.82, 2.24) is 19.4 Å². The summed E-state index contributed by atoms with van der Waals surface area (Å²) in [6.07, 6.45) is 11.5. The second-order valence-electron chi connectivity index (χ2n) is 5.54. The van der Waals surface area contributed by atoms with Crippen molar-refractivity contribution in [2.75, 3.05) is 6.54 Å². The SMILES string of the molecule is CC(=O)N1CCCC1CCc1ccnc(-n2ccnc2)c1. The van der Waals surface area contributed by atoms with Gasteiger partial charge in [0.1, 0.15) is 12.1 Å². The number of carbonyl (C=O) groups excluding carboxylic acids is 1. The van der Waals surface area contributed by atoms with E-state index in [0.717, 1.165) is 38.0 Å². The average Bonchev–Trinajstić information content (AvgIpc) is 3.16. The van der Waals surface area contributed by atoms with Crippen molar-refractivity contribution in [2.24, 2.45) is 0 Å². The fourth-order valence-corrected chi connectivity index (χ4v) is 3.04. The van der Waals surface area contributed by atoms with Gasteiger partial charge in [0.15, 0.2) is 0 Å². The van der Waals surface area contributed by atoms with Gasteiger partial charge in [0.2, 0.25) is 5.91 Å². The van der Waals surface area contributed by atoms with Crippen molar-refractivity contribution in [1.29, 1.82) is 0 Å². The standard InChI is InChI=1S/C16H20N4O/c1-13(21)20-9-2-3-15(20)5-4-14-6-7-18-16(11-14)19-10-8-17-12-19/h6-8,10-12,15H,2-5,9H2,1H3. The number of carbonyl (C=O) groups is 1. The van der Waals surface area contributed by atoms with Crippen LogP contribution in [-0.4, -0.2) is 37.9 Å². The van der Waals surface area contributed by atoms with Crippen molar-refractivity contribution in [2.45, 2.75) is 38.6 Å². The van der Waals surface area contributed by atoms with Crippen LogP contribution in [0.1, 0.15) is 31.7 Å². The number of imidazole rings is 1. The summed E-state index contributed by atoms with van der Waals surface area (Å²) in [5.74, 6) is 1.09. The van der Waals surface area contributed by atoms with Gasteiger partial charge in [-0.15, -0.1) is 0 Å². The summed E-state index contributed by atoms with van der Waals surface area (Å²) >= 11 is 0. The first-order valence-corrected chi connectivity index (χ1v) is 7.44. The number of nitrogens with zero attached hydrogens (tertiary/aromatic N) is 4. The molecule has 1 aliphatic heterocycles. The maximum absolute atomic E-state index is 11.6. The minimum Gasteiger partial charge on any atom is -0.340 e. The Morgan fingerprint density at radius 2 is 2.33 bits per heavy atom. The molecular formula is C16H20N4O. The number of pyridine rings is 1. The Balaban J connectivity index is 1.66. The Hall–Kier alpha value is -2.17. The van der Waals surface area contributed by atoms with Crippen molar-refractivity contribution >= 4 is 5.91 Å². The summed E-state index contributed by atoms with van der Waals surface area (Å²) < 4.78 is 1.90. The van der Waals surface area contributed by atoms with Gasteiger partial charge in [0, 0.05) is 38.1 Å². The molecule has 5 nitrogen and oxygen atoms in total. The lowest BCUT2D eigenvalue weighted by Gasteiger charge is -2.23. The normalized spacial score (nSPS) is 18.1. The molecule has 5 heteroatoms. The molecule has 1 amide bonds. The summed E-state index contributed by atoms with van der Waals surface area (Å²) in [5.41, 5.74) is 1.25. The molecule has 0 spiro atoms. The van der Waals surface area contributed by atoms with Crippen LogP contribution in [0, 0.1) is 0 Å². The summed E-state index contributed by atoms with van der Waals surface area (Å²) in [5, 5.41) is 0. The molecule has 1 saturated heterocycles. The fourth-order valence-electron chi connectivity index (χ4n) is 3.04. The molecule has 0 aromatic carbocycles. The summed E-state index contributed by atoms with van der Waals surface area (Å²) in [6, 6.07) is 4.54. The minimum absolute atomic E-state index is 0.200. The summed E-state index contributed by atoms with van der Waals surface area (Å²) in [4.78, 5) is 22.0. The highest BCUT2D eigenvalue weighted by molar-refractivity contribution is 5.73. The minimum atomic E-state index is 0.200. The molecule has 21 heavy (non-hydrogen) atoms. The van der Waals surface area contributed by atoms with Crippen LogP contribution in [0.4, 0.5) is 0 Å². The Kier molecular flexibility index (Phi) is 3.99. The van der Waals surface area contributed by atoms with E-state index in [1.807, 2.05) is 27.9 Å². The second kappa shape index (κ2) is 6.08. The number of hydrogen-bond acceptors (Lipinski definition) is 3. The van der Waals surface area contributed by atoms with E-state index < -0.39 is 0 Å². The number of likely N-dealkylation sites (tertiary alicyclic amines) is 1. The molecule has 1 atom stereocenters. The monoisotopic (exact) mass is 284 g/mol. The van der Waals surface area contributed by atoms with Gasteiger partial charge in [0.05, 0.1) is 0 Å². The number of hydrogen-bond donors (Lipinski definition) is 0. The average molecular weight is 284 g/mol. The molecule has 0 bridgehead atoms. The smallest absolute Gasteiger partial charge is 0.219 e. The van der Waals surface area contributed by atoms with Gasteiger partial charge in [0.25, 0.3) is 0 Å². The molecular weight excluding hydrogens is 264 g/mol. The van der Waals surface area contributed by atoms with Gasteiger partial charge in [-0.25, -0.2) is 9.97 Å². The third kappa shape index (κ3) is 3.12. The Labute approximate surface area is 124 Å².